The first kappa shape index (κ1) is 15.4. The fraction of sp³-hybridized carbons (Fsp3) is 0.353. The molecule has 2 unspecified atom stereocenters. The SMILES string of the molecule is C=CCN(C(/C=C/C)CC=O)C(C)c1ccccc1. The molecule has 0 spiro atoms. The zero-order chi connectivity index (χ0) is 14.1. The number of carbonyl (C=O) groups excluding carboxylic acids is 1. The van der Waals surface area contributed by atoms with E-state index in [0.29, 0.717) is 6.42 Å². The van der Waals surface area contributed by atoms with Gasteiger partial charge in [0.2, 0.25) is 0 Å². The topological polar surface area (TPSA) is 20.3 Å². The molecule has 0 aliphatic rings. The van der Waals surface area contributed by atoms with Gasteiger partial charge in [0.15, 0.2) is 0 Å². The van der Waals surface area contributed by atoms with Gasteiger partial charge in [0.1, 0.15) is 6.29 Å². The molecule has 0 aromatic heterocycles. The van der Waals surface area contributed by atoms with E-state index in [9.17, 15) is 4.79 Å². The fourth-order valence-electron chi connectivity index (χ4n) is 2.30. The Morgan fingerprint density at radius 1 is 1.32 bits per heavy atom. The van der Waals surface area contributed by atoms with Gasteiger partial charge < -0.3 is 4.79 Å². The lowest BCUT2D eigenvalue weighted by molar-refractivity contribution is -0.108. The van der Waals surface area contributed by atoms with E-state index in [4.69, 9.17) is 0 Å². The van der Waals surface area contributed by atoms with E-state index >= 15 is 0 Å². The Morgan fingerprint density at radius 3 is 2.53 bits per heavy atom. The molecular weight excluding hydrogens is 234 g/mol. The Bertz CT molecular complexity index is 411. The Balaban J connectivity index is 2.97. The maximum Gasteiger partial charge on any atom is 0.121 e. The lowest BCUT2D eigenvalue weighted by Crippen LogP contribution is -2.36. The first-order chi connectivity index (χ1) is 9.24. The molecule has 1 rings (SSSR count). The van der Waals surface area contributed by atoms with Gasteiger partial charge in [-0.05, 0) is 19.4 Å². The van der Waals surface area contributed by atoms with Crippen molar-refractivity contribution >= 4 is 6.29 Å². The molecule has 0 aliphatic heterocycles. The normalized spacial score (nSPS) is 14.5. The van der Waals surface area contributed by atoms with E-state index in [1.807, 2.05) is 37.3 Å². The lowest BCUT2D eigenvalue weighted by atomic mass is 10.0. The molecule has 1 aromatic carbocycles. The minimum absolute atomic E-state index is 0.121. The first-order valence-electron chi connectivity index (χ1n) is 6.72. The third-order valence-electron chi connectivity index (χ3n) is 3.30. The summed E-state index contributed by atoms with van der Waals surface area (Å²) < 4.78 is 0. The minimum Gasteiger partial charge on any atom is -0.303 e. The smallest absolute Gasteiger partial charge is 0.121 e. The molecule has 102 valence electrons. The number of nitrogens with zero attached hydrogens (tertiary/aromatic N) is 1. The van der Waals surface area contributed by atoms with Crippen molar-refractivity contribution in [2.24, 2.45) is 0 Å². The summed E-state index contributed by atoms with van der Waals surface area (Å²) in [5.41, 5.74) is 1.25. The van der Waals surface area contributed by atoms with Crippen molar-refractivity contribution in [3.8, 4) is 0 Å². The monoisotopic (exact) mass is 257 g/mol. The van der Waals surface area contributed by atoms with E-state index < -0.39 is 0 Å². The van der Waals surface area contributed by atoms with Crippen LogP contribution in [0.3, 0.4) is 0 Å². The van der Waals surface area contributed by atoms with Gasteiger partial charge in [0.05, 0.1) is 0 Å². The van der Waals surface area contributed by atoms with Crippen LogP contribution in [0.1, 0.15) is 31.9 Å². The summed E-state index contributed by atoms with van der Waals surface area (Å²) in [7, 11) is 0. The van der Waals surface area contributed by atoms with Gasteiger partial charge in [0, 0.05) is 25.0 Å². The van der Waals surface area contributed by atoms with Crippen LogP contribution in [0.4, 0.5) is 0 Å². The Hall–Kier alpha value is -1.67. The van der Waals surface area contributed by atoms with Crippen LogP contribution in [-0.4, -0.2) is 23.8 Å². The second kappa shape index (κ2) is 8.44. The van der Waals surface area contributed by atoms with Crippen LogP contribution >= 0.6 is 0 Å². The molecule has 0 saturated carbocycles. The molecule has 19 heavy (non-hydrogen) atoms. The van der Waals surface area contributed by atoms with Gasteiger partial charge in [-0.25, -0.2) is 0 Å². The number of benzene rings is 1. The molecule has 0 heterocycles. The average molecular weight is 257 g/mol. The number of aldehydes is 1. The first-order valence-corrected chi connectivity index (χ1v) is 6.72. The van der Waals surface area contributed by atoms with Gasteiger partial charge in [0.25, 0.3) is 0 Å². The van der Waals surface area contributed by atoms with Gasteiger partial charge in [-0.1, -0.05) is 48.6 Å². The highest BCUT2D eigenvalue weighted by Gasteiger charge is 2.21. The van der Waals surface area contributed by atoms with Crippen molar-refractivity contribution in [2.75, 3.05) is 6.54 Å². The van der Waals surface area contributed by atoms with E-state index in [2.05, 4.69) is 36.6 Å². The van der Waals surface area contributed by atoms with Crippen LogP contribution < -0.4 is 0 Å². The Morgan fingerprint density at radius 2 is 2.00 bits per heavy atom. The highest BCUT2D eigenvalue weighted by Crippen LogP contribution is 2.23. The van der Waals surface area contributed by atoms with Crippen LogP contribution in [0.2, 0.25) is 0 Å². The molecule has 1 aromatic rings. The predicted molar refractivity (Wildman–Crippen MR) is 81.0 cm³/mol. The molecule has 2 heteroatoms. The highest BCUT2D eigenvalue weighted by atomic mass is 16.1. The molecule has 0 N–H and O–H groups in total. The summed E-state index contributed by atoms with van der Waals surface area (Å²) in [6, 6.07) is 10.7. The molecule has 0 radical (unpaired) electrons. The van der Waals surface area contributed by atoms with E-state index in [-0.39, 0.29) is 12.1 Å². The van der Waals surface area contributed by atoms with E-state index in [1.165, 1.54) is 5.56 Å². The van der Waals surface area contributed by atoms with Crippen LogP contribution in [0, 0.1) is 0 Å². The van der Waals surface area contributed by atoms with Crippen molar-refractivity contribution in [1.82, 2.24) is 4.90 Å². The van der Waals surface area contributed by atoms with Crippen LogP contribution in [0.15, 0.2) is 55.1 Å². The Labute approximate surface area is 116 Å². The van der Waals surface area contributed by atoms with Crippen LogP contribution in [0.25, 0.3) is 0 Å². The largest absolute Gasteiger partial charge is 0.303 e. The third-order valence-corrected chi connectivity index (χ3v) is 3.30. The van der Waals surface area contributed by atoms with Gasteiger partial charge in [-0.15, -0.1) is 6.58 Å². The second-order valence-electron chi connectivity index (χ2n) is 4.57. The summed E-state index contributed by atoms with van der Waals surface area (Å²) >= 11 is 0. The van der Waals surface area contributed by atoms with Gasteiger partial charge >= 0.3 is 0 Å². The fourth-order valence-corrected chi connectivity index (χ4v) is 2.30. The van der Waals surface area contributed by atoms with Crippen molar-refractivity contribution in [2.45, 2.75) is 32.4 Å². The van der Waals surface area contributed by atoms with Gasteiger partial charge in [-0.3, -0.25) is 4.90 Å². The maximum atomic E-state index is 10.9. The number of hydrogen-bond acceptors (Lipinski definition) is 2. The molecule has 0 bridgehead atoms. The van der Waals surface area contributed by atoms with Crippen LogP contribution in [0.5, 0.6) is 0 Å². The van der Waals surface area contributed by atoms with Gasteiger partial charge in [-0.2, -0.15) is 0 Å². The lowest BCUT2D eigenvalue weighted by Gasteiger charge is -2.33. The molecule has 2 atom stereocenters. The third kappa shape index (κ3) is 4.49. The molecule has 0 aliphatic carbocycles. The second-order valence-corrected chi connectivity index (χ2v) is 4.57. The van der Waals surface area contributed by atoms with E-state index in [0.717, 1.165) is 12.8 Å². The molecule has 0 amide bonds. The predicted octanol–water partition coefficient (Wildman–Crippen LogP) is 3.77. The van der Waals surface area contributed by atoms with Crippen molar-refractivity contribution < 1.29 is 4.79 Å². The zero-order valence-corrected chi connectivity index (χ0v) is 11.8. The molecule has 0 fully saturated rings. The number of carbonyl (C=O) groups is 1. The number of allylic oxidation sites excluding steroid dienone is 1. The Kier molecular flexibility index (Phi) is 6.83. The minimum atomic E-state index is 0.121. The maximum absolute atomic E-state index is 10.9. The highest BCUT2D eigenvalue weighted by molar-refractivity contribution is 5.51. The summed E-state index contributed by atoms with van der Waals surface area (Å²) in [5, 5.41) is 0. The van der Waals surface area contributed by atoms with Crippen molar-refractivity contribution in [1.29, 1.82) is 0 Å². The average Bonchev–Trinajstić information content (AvgIpc) is 2.45. The molecule has 2 nitrogen and oxygen atoms in total. The summed E-state index contributed by atoms with van der Waals surface area (Å²) in [5.74, 6) is 0. The van der Waals surface area contributed by atoms with Crippen molar-refractivity contribution in [3.63, 3.8) is 0 Å². The summed E-state index contributed by atoms with van der Waals surface area (Å²) in [6.45, 7) is 8.74. The zero-order valence-electron chi connectivity index (χ0n) is 11.8. The standard InChI is InChI=1S/C17H23NO/c1-4-9-17(12-14-19)18(13-5-2)15(3)16-10-7-6-8-11-16/h4-11,14-15,17H,2,12-13H2,1,3H3/b9-4+. The quantitative estimate of drug-likeness (QED) is 0.522. The van der Waals surface area contributed by atoms with Crippen molar-refractivity contribution in [3.05, 3.63) is 60.7 Å². The van der Waals surface area contributed by atoms with Crippen LogP contribution in [-0.2, 0) is 4.79 Å². The van der Waals surface area contributed by atoms with E-state index in [1.54, 1.807) is 0 Å². The summed E-state index contributed by atoms with van der Waals surface area (Å²) in [4.78, 5) is 13.2. The number of rotatable bonds is 8. The molecular formula is C17H23NO. The summed E-state index contributed by atoms with van der Waals surface area (Å²) in [6.07, 6.45) is 7.47. The number of hydrogen-bond donors (Lipinski definition) is 0. The molecule has 0 saturated heterocycles.